The Morgan fingerprint density at radius 1 is 1.19 bits per heavy atom. The molecule has 0 bridgehead atoms. The lowest BCUT2D eigenvalue weighted by atomic mass is 10.1. The minimum atomic E-state index is -0.447. The van der Waals surface area contributed by atoms with Crippen LogP contribution in [-0.2, 0) is 6.54 Å². The van der Waals surface area contributed by atoms with Crippen LogP contribution in [0.4, 0.5) is 20.7 Å². The highest BCUT2D eigenvalue weighted by atomic mass is 35.5. The zero-order valence-electron chi connectivity index (χ0n) is 14.4. The van der Waals surface area contributed by atoms with Crippen LogP contribution in [0.2, 0.25) is 5.02 Å². The molecule has 5 nitrogen and oxygen atoms in total. The van der Waals surface area contributed by atoms with Crippen LogP contribution in [-0.4, -0.2) is 15.8 Å². The van der Waals surface area contributed by atoms with Gasteiger partial charge in [0, 0.05) is 17.4 Å². The standard InChI is InChI=1S/C19H18ClFN4O/c1-12-7-8-13(2)17(9-12)22-19(26)23-18-15(20)11-25(24-18)10-14-5-3-4-6-16(14)21/h3-9,11H,10H2,1-2H3,(H2,22,23,24,26). The zero-order valence-corrected chi connectivity index (χ0v) is 15.1. The molecule has 0 radical (unpaired) electrons. The van der Waals surface area contributed by atoms with Gasteiger partial charge in [-0.15, -0.1) is 0 Å². The van der Waals surface area contributed by atoms with Crippen molar-refractivity contribution in [3.63, 3.8) is 0 Å². The number of carbonyl (C=O) groups is 1. The molecule has 0 aliphatic rings. The number of halogens is 2. The fourth-order valence-electron chi connectivity index (χ4n) is 2.50. The fraction of sp³-hybridized carbons (Fsp3) is 0.158. The van der Waals surface area contributed by atoms with Crippen molar-refractivity contribution < 1.29 is 9.18 Å². The third-order valence-electron chi connectivity index (χ3n) is 3.88. The molecule has 0 spiro atoms. The molecule has 0 aliphatic carbocycles. The number of aromatic nitrogens is 2. The van der Waals surface area contributed by atoms with E-state index in [9.17, 15) is 9.18 Å². The summed E-state index contributed by atoms with van der Waals surface area (Å²) in [6.45, 7) is 4.07. The predicted octanol–water partition coefficient (Wildman–Crippen LogP) is 4.98. The first-order valence-corrected chi connectivity index (χ1v) is 8.42. The first-order valence-electron chi connectivity index (χ1n) is 8.04. The second-order valence-corrected chi connectivity index (χ2v) is 6.42. The third kappa shape index (κ3) is 4.21. The van der Waals surface area contributed by atoms with Gasteiger partial charge in [0.2, 0.25) is 0 Å². The maximum absolute atomic E-state index is 13.8. The van der Waals surface area contributed by atoms with Crippen LogP contribution in [0.5, 0.6) is 0 Å². The third-order valence-corrected chi connectivity index (χ3v) is 4.16. The molecular formula is C19H18ClFN4O. The van der Waals surface area contributed by atoms with Gasteiger partial charge in [-0.1, -0.05) is 41.9 Å². The summed E-state index contributed by atoms with van der Waals surface area (Å²) in [4.78, 5) is 12.2. The Balaban J connectivity index is 1.70. The topological polar surface area (TPSA) is 59.0 Å². The van der Waals surface area contributed by atoms with E-state index in [1.165, 1.54) is 10.7 Å². The number of urea groups is 1. The number of nitrogens with zero attached hydrogens (tertiary/aromatic N) is 2. The van der Waals surface area contributed by atoms with Gasteiger partial charge in [0.15, 0.2) is 5.82 Å². The number of anilines is 2. The lowest BCUT2D eigenvalue weighted by Gasteiger charge is -2.09. The number of carbonyl (C=O) groups excluding carboxylic acids is 1. The Labute approximate surface area is 155 Å². The van der Waals surface area contributed by atoms with Gasteiger partial charge in [0.05, 0.1) is 6.54 Å². The van der Waals surface area contributed by atoms with Crippen molar-refractivity contribution in [1.82, 2.24) is 9.78 Å². The maximum Gasteiger partial charge on any atom is 0.324 e. The highest BCUT2D eigenvalue weighted by Gasteiger charge is 2.13. The number of benzene rings is 2. The number of amides is 2. The minimum absolute atomic E-state index is 0.214. The van der Waals surface area contributed by atoms with E-state index in [2.05, 4.69) is 15.7 Å². The molecular weight excluding hydrogens is 355 g/mol. The molecule has 2 amide bonds. The van der Waals surface area contributed by atoms with E-state index in [1.807, 2.05) is 32.0 Å². The van der Waals surface area contributed by atoms with Crippen LogP contribution in [0.15, 0.2) is 48.7 Å². The predicted molar refractivity (Wildman–Crippen MR) is 101 cm³/mol. The molecule has 2 N–H and O–H groups in total. The van der Waals surface area contributed by atoms with Gasteiger partial charge in [-0.05, 0) is 37.1 Å². The van der Waals surface area contributed by atoms with Gasteiger partial charge < -0.3 is 5.32 Å². The van der Waals surface area contributed by atoms with Crippen molar-refractivity contribution in [3.8, 4) is 0 Å². The number of aryl methyl sites for hydroxylation is 2. The molecule has 0 saturated heterocycles. The first kappa shape index (κ1) is 17.9. The molecule has 3 aromatic rings. The maximum atomic E-state index is 13.8. The molecule has 0 atom stereocenters. The molecule has 1 heterocycles. The SMILES string of the molecule is Cc1ccc(C)c(NC(=O)Nc2nn(Cc3ccccc3F)cc2Cl)c1. The van der Waals surface area contributed by atoms with Crippen LogP contribution >= 0.6 is 11.6 Å². The Kier molecular flexibility index (Phi) is 5.23. The molecule has 3 rings (SSSR count). The number of nitrogens with one attached hydrogen (secondary N) is 2. The summed E-state index contributed by atoms with van der Waals surface area (Å²) in [5.74, 6) is -0.105. The average molecular weight is 373 g/mol. The van der Waals surface area contributed by atoms with E-state index in [1.54, 1.807) is 24.4 Å². The highest BCUT2D eigenvalue weighted by Crippen LogP contribution is 2.22. The van der Waals surface area contributed by atoms with Crippen LogP contribution < -0.4 is 10.6 Å². The van der Waals surface area contributed by atoms with E-state index in [0.29, 0.717) is 11.3 Å². The molecule has 1 aromatic heterocycles. The molecule has 7 heteroatoms. The van der Waals surface area contributed by atoms with Gasteiger partial charge in [0.25, 0.3) is 0 Å². The lowest BCUT2D eigenvalue weighted by molar-refractivity contribution is 0.262. The average Bonchev–Trinajstić information content (AvgIpc) is 2.92. The smallest absolute Gasteiger partial charge is 0.307 e. The van der Waals surface area contributed by atoms with E-state index >= 15 is 0 Å². The zero-order chi connectivity index (χ0) is 18.7. The van der Waals surface area contributed by atoms with Gasteiger partial charge in [0.1, 0.15) is 10.8 Å². The van der Waals surface area contributed by atoms with Gasteiger partial charge in [-0.2, -0.15) is 5.10 Å². The van der Waals surface area contributed by atoms with Crippen molar-refractivity contribution in [2.24, 2.45) is 0 Å². The molecule has 26 heavy (non-hydrogen) atoms. The van der Waals surface area contributed by atoms with E-state index in [4.69, 9.17) is 11.6 Å². The van der Waals surface area contributed by atoms with E-state index in [0.717, 1.165) is 11.1 Å². The Bertz CT molecular complexity index is 954. The Morgan fingerprint density at radius 3 is 2.73 bits per heavy atom. The molecule has 0 saturated carbocycles. The molecule has 2 aromatic carbocycles. The molecule has 134 valence electrons. The number of hydrogen-bond acceptors (Lipinski definition) is 2. The summed E-state index contributed by atoms with van der Waals surface area (Å²) >= 11 is 6.13. The lowest BCUT2D eigenvalue weighted by Crippen LogP contribution is -2.20. The number of hydrogen-bond donors (Lipinski definition) is 2. The summed E-state index contributed by atoms with van der Waals surface area (Å²) < 4.78 is 15.2. The molecule has 0 aliphatic heterocycles. The Hall–Kier alpha value is -2.86. The summed E-state index contributed by atoms with van der Waals surface area (Å²) in [5.41, 5.74) is 3.18. The normalized spacial score (nSPS) is 10.6. The van der Waals surface area contributed by atoms with E-state index in [-0.39, 0.29) is 23.2 Å². The second-order valence-electron chi connectivity index (χ2n) is 6.01. The van der Waals surface area contributed by atoms with Crippen molar-refractivity contribution in [2.75, 3.05) is 10.6 Å². The van der Waals surface area contributed by atoms with Gasteiger partial charge >= 0.3 is 6.03 Å². The second kappa shape index (κ2) is 7.58. The fourth-order valence-corrected chi connectivity index (χ4v) is 2.69. The summed E-state index contributed by atoms with van der Waals surface area (Å²) in [6.07, 6.45) is 1.54. The van der Waals surface area contributed by atoms with Crippen LogP contribution in [0.3, 0.4) is 0 Å². The quantitative estimate of drug-likeness (QED) is 0.678. The van der Waals surface area contributed by atoms with E-state index < -0.39 is 6.03 Å². The molecule has 0 fully saturated rings. The van der Waals surface area contributed by atoms with Crippen molar-refractivity contribution >= 4 is 29.1 Å². The summed E-state index contributed by atoms with van der Waals surface area (Å²) in [5, 5.41) is 9.88. The largest absolute Gasteiger partial charge is 0.324 e. The Morgan fingerprint density at radius 2 is 1.96 bits per heavy atom. The monoisotopic (exact) mass is 372 g/mol. The highest BCUT2D eigenvalue weighted by molar-refractivity contribution is 6.33. The van der Waals surface area contributed by atoms with Gasteiger partial charge in [-0.25, -0.2) is 9.18 Å². The summed E-state index contributed by atoms with van der Waals surface area (Å²) in [7, 11) is 0. The molecule has 0 unspecified atom stereocenters. The number of rotatable bonds is 4. The minimum Gasteiger partial charge on any atom is -0.307 e. The van der Waals surface area contributed by atoms with Crippen molar-refractivity contribution in [3.05, 3.63) is 76.2 Å². The van der Waals surface area contributed by atoms with Crippen molar-refractivity contribution in [1.29, 1.82) is 0 Å². The van der Waals surface area contributed by atoms with Crippen LogP contribution in [0, 0.1) is 19.7 Å². The first-order chi connectivity index (χ1) is 12.4. The van der Waals surface area contributed by atoms with Gasteiger partial charge in [-0.3, -0.25) is 10.00 Å². The van der Waals surface area contributed by atoms with Crippen LogP contribution in [0.25, 0.3) is 0 Å². The van der Waals surface area contributed by atoms with Crippen molar-refractivity contribution in [2.45, 2.75) is 20.4 Å². The van der Waals surface area contributed by atoms with Crippen LogP contribution in [0.1, 0.15) is 16.7 Å². The summed E-state index contributed by atoms with van der Waals surface area (Å²) in [6, 6.07) is 11.8.